The van der Waals surface area contributed by atoms with E-state index in [1.165, 1.54) is 22.4 Å². The molecule has 4 aromatic rings. The molecule has 0 amide bonds. The second-order valence-electron chi connectivity index (χ2n) is 7.03. The Bertz CT molecular complexity index is 1150. The average Bonchev–Trinajstić information content (AvgIpc) is 2.90. The summed E-state index contributed by atoms with van der Waals surface area (Å²) in [6.07, 6.45) is 3.87. The number of aryl methyl sites for hydroxylation is 3. The Kier molecular flexibility index (Phi) is 3.34. The molecule has 0 spiro atoms. The summed E-state index contributed by atoms with van der Waals surface area (Å²) < 4.78 is 16.4. The molecule has 25 heavy (non-hydrogen) atoms. The van der Waals surface area contributed by atoms with Crippen LogP contribution in [-0.2, 0) is 7.05 Å². The Morgan fingerprint density at radius 1 is 1.08 bits per heavy atom. The molecule has 3 heterocycles. The summed E-state index contributed by atoms with van der Waals surface area (Å²) in [6.45, 7) is 7.91. The molecule has 3 aromatic heterocycles. The first-order chi connectivity index (χ1) is 12.2. The van der Waals surface area contributed by atoms with Gasteiger partial charge < -0.3 is 4.42 Å². The molecule has 0 aliphatic heterocycles. The van der Waals surface area contributed by atoms with Gasteiger partial charge in [-0.3, -0.25) is 4.98 Å². The van der Waals surface area contributed by atoms with Crippen molar-refractivity contribution in [2.45, 2.75) is 33.6 Å². The van der Waals surface area contributed by atoms with E-state index in [-0.39, 0.29) is 0 Å². The van der Waals surface area contributed by atoms with Crippen LogP contribution in [0.3, 0.4) is 0 Å². The van der Waals surface area contributed by atoms with Crippen LogP contribution in [0.2, 0.25) is 0 Å². The monoisotopic (exact) mass is 332 g/mol. The molecule has 126 valence electrons. The van der Waals surface area contributed by atoms with Crippen molar-refractivity contribution in [1.29, 1.82) is 0 Å². The molecular formula is C22H23N2O+. The predicted octanol–water partition coefficient (Wildman–Crippen LogP) is 5.21. The largest absolute Gasteiger partial charge is 0.454 e. The fraction of sp³-hybridized carbons (Fsp3) is 0.273. The molecule has 0 saturated carbocycles. The zero-order valence-corrected chi connectivity index (χ0v) is 15.3. The van der Waals surface area contributed by atoms with Crippen molar-refractivity contribution in [3.63, 3.8) is 0 Å². The number of pyridine rings is 2. The maximum atomic E-state index is 8.27. The highest BCUT2D eigenvalue weighted by Crippen LogP contribution is 2.34. The Balaban J connectivity index is 2.01. The van der Waals surface area contributed by atoms with Crippen LogP contribution in [0.1, 0.15) is 37.9 Å². The van der Waals surface area contributed by atoms with Crippen LogP contribution in [0.15, 0.2) is 47.1 Å². The van der Waals surface area contributed by atoms with Gasteiger partial charge in [-0.1, -0.05) is 13.8 Å². The zero-order chi connectivity index (χ0) is 18.6. The lowest BCUT2D eigenvalue weighted by atomic mass is 10.00. The van der Waals surface area contributed by atoms with E-state index in [1.54, 1.807) is 6.20 Å². The van der Waals surface area contributed by atoms with Crippen molar-refractivity contribution in [3.05, 3.63) is 59.5 Å². The SMILES string of the molecule is [2H]C(C)(C)c1cc2c(cn1)oc1cc(C)c(-c3ccc(C)c[n+]3C)cc12. The van der Waals surface area contributed by atoms with E-state index in [0.717, 1.165) is 27.6 Å². The molecule has 3 heteroatoms. The van der Waals surface area contributed by atoms with Crippen molar-refractivity contribution in [3.8, 4) is 11.3 Å². The van der Waals surface area contributed by atoms with Crippen molar-refractivity contribution < 1.29 is 10.4 Å². The maximum absolute atomic E-state index is 8.27. The first-order valence-corrected chi connectivity index (χ1v) is 8.54. The van der Waals surface area contributed by atoms with Crippen LogP contribution in [-0.4, -0.2) is 4.98 Å². The van der Waals surface area contributed by atoms with Crippen LogP contribution >= 0.6 is 0 Å². The van der Waals surface area contributed by atoms with Crippen LogP contribution in [0, 0.1) is 13.8 Å². The second-order valence-corrected chi connectivity index (χ2v) is 7.03. The third-order valence-corrected chi connectivity index (χ3v) is 4.77. The fourth-order valence-electron chi connectivity index (χ4n) is 3.40. The van der Waals surface area contributed by atoms with Crippen molar-refractivity contribution in [2.75, 3.05) is 0 Å². The Labute approximate surface area is 149 Å². The molecule has 0 saturated heterocycles. The third kappa shape index (κ3) is 2.60. The van der Waals surface area contributed by atoms with Gasteiger partial charge in [0, 0.05) is 35.0 Å². The molecule has 0 aliphatic carbocycles. The van der Waals surface area contributed by atoms with E-state index in [9.17, 15) is 0 Å². The van der Waals surface area contributed by atoms with Crippen molar-refractivity contribution in [1.82, 2.24) is 4.98 Å². The van der Waals surface area contributed by atoms with Gasteiger partial charge in [-0.25, -0.2) is 4.57 Å². The van der Waals surface area contributed by atoms with Crippen LogP contribution in [0.25, 0.3) is 33.2 Å². The molecule has 1 aromatic carbocycles. The van der Waals surface area contributed by atoms with Gasteiger partial charge in [-0.2, -0.15) is 0 Å². The van der Waals surface area contributed by atoms with E-state index in [1.807, 2.05) is 19.9 Å². The Morgan fingerprint density at radius 3 is 2.56 bits per heavy atom. The van der Waals surface area contributed by atoms with Gasteiger partial charge in [0.15, 0.2) is 11.8 Å². The molecule has 0 atom stereocenters. The van der Waals surface area contributed by atoms with E-state index < -0.39 is 5.89 Å². The Morgan fingerprint density at radius 2 is 1.84 bits per heavy atom. The van der Waals surface area contributed by atoms with Gasteiger partial charge in [0.2, 0.25) is 5.69 Å². The van der Waals surface area contributed by atoms with Crippen molar-refractivity contribution in [2.24, 2.45) is 7.05 Å². The maximum Gasteiger partial charge on any atom is 0.212 e. The molecule has 3 nitrogen and oxygen atoms in total. The summed E-state index contributed by atoms with van der Waals surface area (Å²) in [6, 6.07) is 10.6. The summed E-state index contributed by atoms with van der Waals surface area (Å²) >= 11 is 0. The molecule has 0 fully saturated rings. The van der Waals surface area contributed by atoms with Gasteiger partial charge in [0.25, 0.3) is 0 Å². The lowest BCUT2D eigenvalue weighted by Crippen LogP contribution is -2.31. The number of furan rings is 1. The highest BCUT2D eigenvalue weighted by molar-refractivity contribution is 6.06. The number of hydrogen-bond donors (Lipinski definition) is 0. The second kappa shape index (κ2) is 5.69. The number of fused-ring (bicyclic) bond motifs is 3. The minimum absolute atomic E-state index is 0.741. The number of benzene rings is 1. The van der Waals surface area contributed by atoms with Crippen LogP contribution in [0.4, 0.5) is 0 Å². The molecule has 0 N–H and O–H groups in total. The van der Waals surface area contributed by atoms with Crippen LogP contribution < -0.4 is 4.57 Å². The summed E-state index contributed by atoms with van der Waals surface area (Å²) in [5.41, 5.74) is 7.12. The molecule has 4 rings (SSSR count). The van der Waals surface area contributed by atoms with Gasteiger partial charge in [0.1, 0.15) is 12.6 Å². The minimum atomic E-state index is -0.741. The first kappa shape index (κ1) is 14.6. The molecule has 0 unspecified atom stereocenters. The number of aromatic nitrogens is 2. The first-order valence-electron chi connectivity index (χ1n) is 9.04. The molecule has 0 aliphatic rings. The van der Waals surface area contributed by atoms with E-state index in [0.29, 0.717) is 0 Å². The van der Waals surface area contributed by atoms with Gasteiger partial charge in [-0.15, -0.1) is 0 Å². The number of nitrogens with zero attached hydrogens (tertiary/aromatic N) is 2. The molecule has 0 radical (unpaired) electrons. The van der Waals surface area contributed by atoms with E-state index in [4.69, 9.17) is 5.79 Å². The topological polar surface area (TPSA) is 29.9 Å². The zero-order valence-electron chi connectivity index (χ0n) is 16.3. The highest BCUT2D eigenvalue weighted by Gasteiger charge is 2.17. The summed E-state index contributed by atoms with van der Waals surface area (Å²) in [5.74, 6) is -0.741. The third-order valence-electron chi connectivity index (χ3n) is 4.77. The molecule has 0 bridgehead atoms. The summed E-state index contributed by atoms with van der Waals surface area (Å²) in [4.78, 5) is 4.41. The average molecular weight is 332 g/mol. The smallest absolute Gasteiger partial charge is 0.212 e. The fourth-order valence-corrected chi connectivity index (χ4v) is 3.40. The minimum Gasteiger partial charge on any atom is -0.454 e. The summed E-state index contributed by atoms with van der Waals surface area (Å²) in [5, 5.41) is 2.08. The predicted molar refractivity (Wildman–Crippen MR) is 102 cm³/mol. The summed E-state index contributed by atoms with van der Waals surface area (Å²) in [7, 11) is 2.07. The van der Waals surface area contributed by atoms with E-state index >= 15 is 0 Å². The standard InChI is InChI=1S/C22H23N2O/c1-13(2)19-10-18-17-9-16(20-7-6-14(3)12-24(20)5)15(4)8-21(17)25-22(18)11-23-19/h6-13H,1-5H3/q+1/i13D. The van der Waals surface area contributed by atoms with Gasteiger partial charge in [-0.05, 0) is 49.6 Å². The van der Waals surface area contributed by atoms with Crippen LogP contribution in [0.5, 0.6) is 0 Å². The lowest BCUT2D eigenvalue weighted by molar-refractivity contribution is -0.660. The quantitative estimate of drug-likeness (QED) is 0.471. The van der Waals surface area contributed by atoms with Crippen molar-refractivity contribution >= 4 is 21.9 Å². The van der Waals surface area contributed by atoms with Gasteiger partial charge in [0.05, 0.1) is 6.20 Å². The normalized spacial score (nSPS) is 12.8. The number of hydrogen-bond acceptors (Lipinski definition) is 2. The lowest BCUT2D eigenvalue weighted by Gasteiger charge is -2.06. The Hall–Kier alpha value is -2.68. The van der Waals surface area contributed by atoms with Gasteiger partial charge >= 0.3 is 0 Å². The molecular weight excluding hydrogens is 308 g/mol. The number of rotatable bonds is 2. The van der Waals surface area contributed by atoms with E-state index in [2.05, 4.69) is 60.9 Å². The highest BCUT2D eigenvalue weighted by atomic mass is 16.3.